The molecule has 0 spiro atoms. The van der Waals surface area contributed by atoms with Gasteiger partial charge >= 0.3 is 5.97 Å². The smallest absolute Gasteiger partial charge is 0.338 e. The number of nitro groups is 1. The topological polar surface area (TPSA) is 95.5 Å². The summed E-state index contributed by atoms with van der Waals surface area (Å²) in [5.74, 6) is -0.630. The van der Waals surface area contributed by atoms with Crippen LogP contribution in [0.2, 0.25) is 0 Å². The van der Waals surface area contributed by atoms with E-state index < -0.39 is 17.0 Å². The van der Waals surface area contributed by atoms with Crippen molar-refractivity contribution in [2.45, 2.75) is 13.0 Å². The average Bonchev–Trinajstić information content (AvgIpc) is 2.48. The molecular weight excluding hydrogens is 272 g/mol. The molecule has 6 nitrogen and oxygen atoms in total. The fourth-order valence-corrected chi connectivity index (χ4v) is 1.85. The van der Waals surface area contributed by atoms with Gasteiger partial charge in [-0.25, -0.2) is 4.79 Å². The van der Waals surface area contributed by atoms with E-state index in [1.165, 1.54) is 12.1 Å². The van der Waals surface area contributed by atoms with Gasteiger partial charge in [-0.15, -0.1) is 0 Å². The third-order valence-corrected chi connectivity index (χ3v) is 3.02. The van der Waals surface area contributed by atoms with Gasteiger partial charge in [0.15, 0.2) is 0 Å². The highest BCUT2D eigenvalue weighted by Gasteiger charge is 2.18. The van der Waals surface area contributed by atoms with Gasteiger partial charge in [0.2, 0.25) is 0 Å². The van der Waals surface area contributed by atoms with E-state index in [1.807, 2.05) is 30.3 Å². The Morgan fingerprint density at radius 3 is 2.52 bits per heavy atom. The van der Waals surface area contributed by atoms with Crippen molar-refractivity contribution in [3.8, 4) is 0 Å². The van der Waals surface area contributed by atoms with E-state index in [0.29, 0.717) is 0 Å². The standard InChI is InChI=1S/C15H14N2O4/c1-10(11-5-3-2-4-6-11)21-15(18)12-7-8-13(16)14(9-12)17(19)20/h2-10H,16H2,1H3/t10-/m1/s1. The minimum Gasteiger partial charge on any atom is -0.454 e. The average molecular weight is 286 g/mol. The molecule has 21 heavy (non-hydrogen) atoms. The summed E-state index contributed by atoms with van der Waals surface area (Å²) in [6.45, 7) is 1.74. The van der Waals surface area contributed by atoms with Gasteiger partial charge in [0.05, 0.1) is 10.5 Å². The van der Waals surface area contributed by atoms with Crippen LogP contribution in [0, 0.1) is 10.1 Å². The molecule has 0 amide bonds. The number of nitro benzene ring substituents is 1. The van der Waals surface area contributed by atoms with Gasteiger partial charge in [-0.05, 0) is 24.6 Å². The van der Waals surface area contributed by atoms with Crippen molar-refractivity contribution in [2.75, 3.05) is 5.73 Å². The van der Waals surface area contributed by atoms with Crippen LogP contribution < -0.4 is 5.73 Å². The number of benzene rings is 2. The molecule has 1 atom stereocenters. The maximum atomic E-state index is 12.0. The molecule has 0 aliphatic carbocycles. The lowest BCUT2D eigenvalue weighted by Crippen LogP contribution is -2.10. The Bertz CT molecular complexity index is 671. The maximum absolute atomic E-state index is 12.0. The second-order valence-corrected chi connectivity index (χ2v) is 4.49. The summed E-state index contributed by atoms with van der Waals surface area (Å²) < 4.78 is 5.29. The van der Waals surface area contributed by atoms with Gasteiger partial charge in [0, 0.05) is 6.07 Å². The number of nitrogen functional groups attached to an aromatic ring is 1. The predicted octanol–water partition coefficient (Wildman–Crippen LogP) is 3.10. The van der Waals surface area contributed by atoms with Gasteiger partial charge < -0.3 is 10.5 Å². The third-order valence-electron chi connectivity index (χ3n) is 3.02. The van der Waals surface area contributed by atoms with Crippen LogP contribution in [-0.2, 0) is 4.74 Å². The van der Waals surface area contributed by atoms with Crippen LogP contribution in [0.1, 0.15) is 28.9 Å². The molecule has 2 aromatic rings. The zero-order chi connectivity index (χ0) is 15.4. The Morgan fingerprint density at radius 1 is 1.24 bits per heavy atom. The molecule has 0 saturated heterocycles. The lowest BCUT2D eigenvalue weighted by atomic mass is 10.1. The first-order valence-corrected chi connectivity index (χ1v) is 6.29. The van der Waals surface area contributed by atoms with Crippen molar-refractivity contribution in [2.24, 2.45) is 0 Å². The highest BCUT2D eigenvalue weighted by molar-refractivity contribution is 5.91. The summed E-state index contributed by atoms with van der Waals surface area (Å²) in [6, 6.07) is 13.1. The van der Waals surface area contributed by atoms with E-state index in [9.17, 15) is 14.9 Å². The van der Waals surface area contributed by atoms with Crippen LogP contribution >= 0.6 is 0 Å². The summed E-state index contributed by atoms with van der Waals surface area (Å²) in [5, 5.41) is 10.8. The number of hydrogen-bond acceptors (Lipinski definition) is 5. The van der Waals surface area contributed by atoms with Crippen molar-refractivity contribution < 1.29 is 14.5 Å². The Balaban J connectivity index is 2.17. The normalized spacial score (nSPS) is 11.7. The van der Waals surface area contributed by atoms with Gasteiger partial charge in [0.1, 0.15) is 11.8 Å². The Labute approximate surface area is 121 Å². The summed E-state index contributed by atoms with van der Waals surface area (Å²) in [7, 11) is 0. The predicted molar refractivity (Wildman–Crippen MR) is 77.8 cm³/mol. The van der Waals surface area contributed by atoms with E-state index in [1.54, 1.807) is 6.92 Å². The van der Waals surface area contributed by atoms with Crippen LogP contribution in [0.4, 0.5) is 11.4 Å². The number of ether oxygens (including phenoxy) is 1. The molecule has 2 N–H and O–H groups in total. The van der Waals surface area contributed by atoms with Crippen molar-refractivity contribution in [3.63, 3.8) is 0 Å². The SMILES string of the molecule is C[C@@H](OC(=O)c1ccc(N)c([N+](=O)[O-])c1)c1ccccc1. The molecule has 6 heteroatoms. The second kappa shape index (κ2) is 6.04. The molecule has 0 aliphatic heterocycles. The Morgan fingerprint density at radius 2 is 1.90 bits per heavy atom. The summed E-state index contributed by atoms with van der Waals surface area (Å²) in [5.41, 5.74) is 6.13. The fourth-order valence-electron chi connectivity index (χ4n) is 1.85. The summed E-state index contributed by atoms with van der Waals surface area (Å²) in [6.07, 6.45) is -0.449. The third kappa shape index (κ3) is 3.36. The van der Waals surface area contributed by atoms with Gasteiger partial charge in [-0.1, -0.05) is 30.3 Å². The number of rotatable bonds is 4. The van der Waals surface area contributed by atoms with Crippen molar-refractivity contribution >= 4 is 17.3 Å². The largest absolute Gasteiger partial charge is 0.454 e. The first-order chi connectivity index (χ1) is 9.99. The lowest BCUT2D eigenvalue weighted by Gasteiger charge is -2.13. The van der Waals surface area contributed by atoms with Crippen LogP contribution in [0.15, 0.2) is 48.5 Å². The van der Waals surface area contributed by atoms with Gasteiger partial charge in [-0.3, -0.25) is 10.1 Å². The quantitative estimate of drug-likeness (QED) is 0.403. The number of esters is 1. The zero-order valence-electron chi connectivity index (χ0n) is 11.4. The van der Waals surface area contributed by atoms with Gasteiger partial charge in [0.25, 0.3) is 5.69 Å². The fraction of sp³-hybridized carbons (Fsp3) is 0.133. The number of carbonyl (C=O) groups is 1. The highest BCUT2D eigenvalue weighted by Crippen LogP contribution is 2.24. The summed E-state index contributed by atoms with van der Waals surface area (Å²) >= 11 is 0. The maximum Gasteiger partial charge on any atom is 0.338 e. The van der Waals surface area contributed by atoms with Gasteiger partial charge in [-0.2, -0.15) is 0 Å². The van der Waals surface area contributed by atoms with E-state index in [4.69, 9.17) is 10.5 Å². The van der Waals surface area contributed by atoms with E-state index in [2.05, 4.69) is 0 Å². The minimum absolute atomic E-state index is 0.00709. The first-order valence-electron chi connectivity index (χ1n) is 6.29. The summed E-state index contributed by atoms with van der Waals surface area (Å²) in [4.78, 5) is 22.2. The van der Waals surface area contributed by atoms with E-state index in [0.717, 1.165) is 11.6 Å². The number of hydrogen-bond donors (Lipinski definition) is 1. The van der Waals surface area contributed by atoms with E-state index >= 15 is 0 Å². The molecular formula is C15H14N2O4. The number of carbonyl (C=O) groups excluding carboxylic acids is 1. The molecule has 0 unspecified atom stereocenters. The van der Waals surface area contributed by atoms with Crippen molar-refractivity contribution in [1.29, 1.82) is 0 Å². The number of nitrogens with two attached hydrogens (primary N) is 1. The molecule has 0 saturated carbocycles. The Hall–Kier alpha value is -2.89. The minimum atomic E-state index is -0.632. The number of nitrogens with zero attached hydrogens (tertiary/aromatic N) is 1. The molecule has 0 bridgehead atoms. The lowest BCUT2D eigenvalue weighted by molar-refractivity contribution is -0.383. The Kier molecular flexibility index (Phi) is 4.18. The molecule has 0 heterocycles. The first kappa shape index (κ1) is 14.5. The van der Waals surface area contributed by atoms with E-state index in [-0.39, 0.29) is 16.9 Å². The highest BCUT2D eigenvalue weighted by atomic mass is 16.6. The van der Waals surface area contributed by atoms with Crippen molar-refractivity contribution in [3.05, 3.63) is 69.8 Å². The molecule has 108 valence electrons. The molecule has 2 rings (SSSR count). The van der Waals surface area contributed by atoms with Crippen LogP contribution in [0.5, 0.6) is 0 Å². The monoisotopic (exact) mass is 286 g/mol. The van der Waals surface area contributed by atoms with Crippen molar-refractivity contribution in [1.82, 2.24) is 0 Å². The van der Waals surface area contributed by atoms with Crippen LogP contribution in [0.25, 0.3) is 0 Å². The molecule has 2 aromatic carbocycles. The number of anilines is 1. The zero-order valence-corrected chi connectivity index (χ0v) is 11.4. The molecule has 0 fully saturated rings. The molecule has 0 radical (unpaired) electrons. The molecule has 0 aliphatic rings. The van der Waals surface area contributed by atoms with Crippen LogP contribution in [0.3, 0.4) is 0 Å². The van der Waals surface area contributed by atoms with Crippen LogP contribution in [-0.4, -0.2) is 10.9 Å². The second-order valence-electron chi connectivity index (χ2n) is 4.49. The molecule has 0 aromatic heterocycles.